The van der Waals surface area contributed by atoms with Crippen LogP contribution in [-0.2, 0) is 11.2 Å². The van der Waals surface area contributed by atoms with Crippen LogP contribution in [0.1, 0.15) is 45.2 Å². The number of carbonyl (C=O) groups is 3. The highest BCUT2D eigenvalue weighted by Gasteiger charge is 2.30. The molecule has 5 rings (SSSR count). The molecular formula is C32H28N8O8. The number of H-pyrrole nitrogens is 1. The third-order valence-corrected chi connectivity index (χ3v) is 7.16. The first-order chi connectivity index (χ1) is 23.1. The van der Waals surface area contributed by atoms with Gasteiger partial charge in [-0.25, -0.2) is 0 Å². The Hall–Kier alpha value is -6.55. The van der Waals surface area contributed by atoms with Crippen molar-refractivity contribution >= 4 is 29.1 Å². The number of hydrogen-bond donors (Lipinski definition) is 5. The first kappa shape index (κ1) is 32.8. The van der Waals surface area contributed by atoms with Crippen LogP contribution in [0.4, 0.5) is 11.4 Å². The number of aliphatic hydroxyl groups excluding tert-OH is 1. The van der Waals surface area contributed by atoms with Crippen molar-refractivity contribution in [3.8, 4) is 11.4 Å². The lowest BCUT2D eigenvalue weighted by molar-refractivity contribution is -0.384. The molecule has 16 nitrogen and oxygen atoms in total. The predicted octanol–water partition coefficient (Wildman–Crippen LogP) is 2.56. The normalized spacial score (nSPS) is 12.7. The Morgan fingerprint density at radius 1 is 0.938 bits per heavy atom. The molecule has 0 radical (unpaired) electrons. The van der Waals surface area contributed by atoms with E-state index in [1.54, 1.807) is 61.5 Å². The van der Waals surface area contributed by atoms with Gasteiger partial charge in [0.2, 0.25) is 5.82 Å². The number of amides is 3. The standard InChI is InChI=1S/C32H28N8O8/c1-18(20-10-12-23(13-11-20)40(46)47)33-30(43)26-16-24(41)17-27(48-26)31(44)35-25(14-19-6-3-2-4-7-19)28(42)32(45)34-22-9-5-8-21(15-22)29-36-38-39-37-29/h2-13,15-18,25,28,42H,14H2,1H3,(H,33,43)(H,34,45)(H,35,44)(H,36,37,38,39)/t18-,25+,28+/m1/s1. The second-order valence-electron chi connectivity index (χ2n) is 10.6. The molecule has 5 N–H and O–H groups in total. The number of nitrogens with one attached hydrogen (secondary N) is 4. The first-order valence-corrected chi connectivity index (χ1v) is 14.5. The molecule has 0 bridgehead atoms. The van der Waals surface area contributed by atoms with Crippen molar-refractivity contribution in [2.45, 2.75) is 31.5 Å². The van der Waals surface area contributed by atoms with E-state index in [2.05, 4.69) is 36.6 Å². The second kappa shape index (κ2) is 14.7. The van der Waals surface area contributed by atoms with Crippen LogP contribution in [0.5, 0.6) is 0 Å². The molecule has 3 atom stereocenters. The van der Waals surface area contributed by atoms with Gasteiger partial charge in [-0.15, -0.1) is 10.2 Å². The fourth-order valence-corrected chi connectivity index (χ4v) is 4.71. The number of anilines is 1. The number of tetrazole rings is 1. The minimum absolute atomic E-state index is 0.0151. The van der Waals surface area contributed by atoms with Crippen LogP contribution in [0, 0.1) is 10.1 Å². The number of aromatic amines is 1. The van der Waals surface area contributed by atoms with Crippen molar-refractivity contribution < 1.29 is 28.8 Å². The molecule has 16 heteroatoms. The molecule has 0 aliphatic heterocycles. The molecule has 2 heterocycles. The van der Waals surface area contributed by atoms with Gasteiger partial charge in [0.25, 0.3) is 23.4 Å². The summed E-state index contributed by atoms with van der Waals surface area (Å²) in [7, 11) is 0. The summed E-state index contributed by atoms with van der Waals surface area (Å²) in [6.45, 7) is 1.62. The summed E-state index contributed by atoms with van der Waals surface area (Å²) in [4.78, 5) is 62.4. The smallest absolute Gasteiger partial charge is 0.287 e. The Kier molecular flexibility index (Phi) is 10.1. The molecule has 5 aromatic rings. The maximum Gasteiger partial charge on any atom is 0.287 e. The van der Waals surface area contributed by atoms with Gasteiger partial charge in [-0.05, 0) is 41.8 Å². The molecule has 0 aliphatic rings. The molecule has 3 amide bonds. The summed E-state index contributed by atoms with van der Waals surface area (Å²) in [6, 6.07) is 20.8. The highest BCUT2D eigenvalue weighted by Crippen LogP contribution is 2.20. The number of aliphatic hydroxyl groups is 1. The average Bonchev–Trinajstić information content (AvgIpc) is 3.63. The van der Waals surface area contributed by atoms with E-state index in [4.69, 9.17) is 4.42 Å². The Morgan fingerprint density at radius 2 is 1.62 bits per heavy atom. The van der Waals surface area contributed by atoms with Gasteiger partial charge in [0.15, 0.2) is 23.1 Å². The summed E-state index contributed by atoms with van der Waals surface area (Å²) < 4.78 is 5.49. The molecule has 0 saturated carbocycles. The molecule has 0 saturated heterocycles. The topological polar surface area (TPSA) is 235 Å². The molecule has 0 spiro atoms. The quantitative estimate of drug-likeness (QED) is 0.0970. The maximum atomic E-state index is 13.4. The van der Waals surface area contributed by atoms with Crippen LogP contribution in [-0.4, -0.2) is 60.5 Å². The van der Waals surface area contributed by atoms with Crippen molar-refractivity contribution in [1.29, 1.82) is 0 Å². The monoisotopic (exact) mass is 652 g/mol. The van der Waals surface area contributed by atoms with E-state index in [1.165, 1.54) is 24.3 Å². The lowest BCUT2D eigenvalue weighted by Crippen LogP contribution is -2.50. The zero-order valence-electron chi connectivity index (χ0n) is 25.2. The number of non-ortho nitro benzene ring substituents is 1. The van der Waals surface area contributed by atoms with E-state index >= 15 is 0 Å². The van der Waals surface area contributed by atoms with E-state index in [0.29, 0.717) is 28.2 Å². The second-order valence-corrected chi connectivity index (χ2v) is 10.6. The minimum Gasteiger partial charge on any atom is -0.445 e. The van der Waals surface area contributed by atoms with Gasteiger partial charge in [-0.1, -0.05) is 54.6 Å². The van der Waals surface area contributed by atoms with Crippen molar-refractivity contribution in [3.63, 3.8) is 0 Å². The van der Waals surface area contributed by atoms with Gasteiger partial charge >= 0.3 is 0 Å². The molecule has 2 aromatic heterocycles. The van der Waals surface area contributed by atoms with Gasteiger partial charge in [0, 0.05) is 35.5 Å². The van der Waals surface area contributed by atoms with Crippen LogP contribution >= 0.6 is 0 Å². The Morgan fingerprint density at radius 3 is 2.27 bits per heavy atom. The summed E-state index contributed by atoms with van der Waals surface area (Å²) in [5.74, 6) is -3.33. The Balaban J connectivity index is 1.32. The van der Waals surface area contributed by atoms with Crippen LogP contribution in [0.3, 0.4) is 0 Å². The van der Waals surface area contributed by atoms with Crippen molar-refractivity contribution in [1.82, 2.24) is 31.3 Å². The van der Waals surface area contributed by atoms with Crippen LogP contribution in [0.25, 0.3) is 11.4 Å². The summed E-state index contributed by atoms with van der Waals surface area (Å²) in [6.07, 6.45) is -1.76. The third-order valence-electron chi connectivity index (χ3n) is 7.16. The molecule has 3 aromatic carbocycles. The third kappa shape index (κ3) is 8.18. The van der Waals surface area contributed by atoms with Gasteiger partial charge in [0.1, 0.15) is 0 Å². The summed E-state index contributed by atoms with van der Waals surface area (Å²) >= 11 is 0. The minimum atomic E-state index is -1.77. The maximum absolute atomic E-state index is 13.4. The van der Waals surface area contributed by atoms with E-state index in [1.807, 2.05) is 0 Å². The SMILES string of the molecule is C[C@@H](NC(=O)c1cc(=O)cc(C(=O)N[C@@H](Cc2ccccc2)[C@H](O)C(=O)Nc2cccc(-c3nn[nH]n3)c2)o1)c1ccc([N+](=O)[O-])cc1. The summed E-state index contributed by atoms with van der Waals surface area (Å²) in [5.41, 5.74) is 1.26. The van der Waals surface area contributed by atoms with Gasteiger partial charge in [-0.3, -0.25) is 29.3 Å². The Bertz CT molecular complexity index is 1980. The number of nitro groups is 1. The summed E-state index contributed by atoms with van der Waals surface area (Å²) in [5, 5.41) is 43.5. The fraction of sp³-hybridized carbons (Fsp3) is 0.156. The highest BCUT2D eigenvalue weighted by atomic mass is 16.6. The number of benzene rings is 3. The van der Waals surface area contributed by atoms with E-state index in [-0.39, 0.29) is 12.1 Å². The van der Waals surface area contributed by atoms with Crippen molar-refractivity contribution in [3.05, 3.63) is 134 Å². The molecule has 0 unspecified atom stereocenters. The van der Waals surface area contributed by atoms with Gasteiger partial charge in [0.05, 0.1) is 17.0 Å². The molecular weight excluding hydrogens is 624 g/mol. The number of rotatable bonds is 12. The average molecular weight is 653 g/mol. The van der Waals surface area contributed by atoms with Crippen LogP contribution < -0.4 is 21.4 Å². The van der Waals surface area contributed by atoms with E-state index in [0.717, 1.165) is 12.1 Å². The van der Waals surface area contributed by atoms with Crippen molar-refractivity contribution in [2.75, 3.05) is 5.32 Å². The number of hydrogen-bond acceptors (Lipinski definition) is 11. The number of nitro benzene ring substituents is 1. The number of nitrogens with zero attached hydrogens (tertiary/aromatic N) is 4. The van der Waals surface area contributed by atoms with Gasteiger partial charge < -0.3 is 25.5 Å². The van der Waals surface area contributed by atoms with Crippen molar-refractivity contribution in [2.24, 2.45) is 0 Å². The lowest BCUT2D eigenvalue weighted by atomic mass is 10.00. The lowest BCUT2D eigenvalue weighted by Gasteiger charge is -2.24. The molecule has 0 aliphatic carbocycles. The number of aromatic nitrogens is 4. The predicted molar refractivity (Wildman–Crippen MR) is 170 cm³/mol. The molecule has 0 fully saturated rings. The zero-order valence-corrected chi connectivity index (χ0v) is 25.2. The Labute approximate surface area is 271 Å². The van der Waals surface area contributed by atoms with E-state index < -0.39 is 57.8 Å². The van der Waals surface area contributed by atoms with E-state index in [9.17, 15) is 34.4 Å². The number of carbonyl (C=O) groups excluding carboxylic acids is 3. The zero-order chi connectivity index (χ0) is 34.2. The molecule has 244 valence electrons. The van der Waals surface area contributed by atoms with Crippen LogP contribution in [0.2, 0.25) is 0 Å². The largest absolute Gasteiger partial charge is 0.445 e. The first-order valence-electron chi connectivity index (χ1n) is 14.5. The highest BCUT2D eigenvalue weighted by molar-refractivity contribution is 5.97. The van der Waals surface area contributed by atoms with Crippen LogP contribution in [0.15, 0.2) is 100 Å². The molecule has 48 heavy (non-hydrogen) atoms. The fourth-order valence-electron chi connectivity index (χ4n) is 4.71. The van der Waals surface area contributed by atoms with Gasteiger partial charge in [-0.2, -0.15) is 5.21 Å².